The summed E-state index contributed by atoms with van der Waals surface area (Å²) < 4.78 is 11.3. The third kappa shape index (κ3) is 8.97. The number of amides is 1. The Kier molecular flexibility index (Phi) is 9.38. The minimum atomic E-state index is -0.353. The van der Waals surface area contributed by atoms with Crippen LogP contribution in [0.3, 0.4) is 0 Å². The Hall–Kier alpha value is -1.99. The third-order valence-corrected chi connectivity index (χ3v) is 3.48. The Labute approximate surface area is 171 Å². The first kappa shape index (κ1) is 23.0. The molecule has 1 aromatic rings. The van der Waals surface area contributed by atoms with Crippen molar-refractivity contribution < 1.29 is 14.3 Å². The molecule has 0 atom stereocenters. The quantitative estimate of drug-likeness (QED) is 0.358. The van der Waals surface area contributed by atoms with Crippen LogP contribution in [-0.2, 0) is 4.79 Å². The first-order valence-electron chi connectivity index (χ1n) is 8.81. The van der Waals surface area contributed by atoms with Crippen LogP contribution in [0, 0.1) is 0 Å². The minimum Gasteiger partial charge on any atom is -0.490 e. The van der Waals surface area contributed by atoms with Gasteiger partial charge in [0.2, 0.25) is 0 Å². The summed E-state index contributed by atoms with van der Waals surface area (Å²) >= 11 is 11.4. The van der Waals surface area contributed by atoms with E-state index in [-0.39, 0.29) is 11.4 Å². The fourth-order valence-corrected chi connectivity index (χ4v) is 2.63. The monoisotopic (exact) mass is 413 g/mol. The van der Waals surface area contributed by atoms with Crippen molar-refractivity contribution >= 4 is 40.9 Å². The molecule has 0 saturated carbocycles. The van der Waals surface area contributed by atoms with Gasteiger partial charge in [0, 0.05) is 11.6 Å². The summed E-state index contributed by atoms with van der Waals surface area (Å²) in [6.07, 6.45) is 3.87. The summed E-state index contributed by atoms with van der Waals surface area (Å²) in [6.45, 7) is 10.8. The molecule has 0 unspecified atom stereocenters. The molecule has 3 N–H and O–H groups in total. The molecule has 1 rings (SSSR count). The molecule has 0 aliphatic rings. The fourth-order valence-electron chi connectivity index (χ4n) is 2.00. The lowest BCUT2D eigenvalue weighted by Crippen LogP contribution is -2.51. The van der Waals surface area contributed by atoms with E-state index in [0.717, 1.165) is 12.0 Å². The fraction of sp³-hybridized carbons (Fsp3) is 0.474. The first-order chi connectivity index (χ1) is 12.7. The van der Waals surface area contributed by atoms with Gasteiger partial charge in [-0.1, -0.05) is 18.5 Å². The highest BCUT2D eigenvalue weighted by molar-refractivity contribution is 7.80. The number of thiocarbonyl (C=S) groups is 1. The predicted molar refractivity (Wildman–Crippen MR) is 114 cm³/mol. The van der Waals surface area contributed by atoms with E-state index in [1.807, 2.05) is 34.6 Å². The smallest absolute Gasteiger partial charge is 0.262 e. The molecule has 6 nitrogen and oxygen atoms in total. The highest BCUT2D eigenvalue weighted by atomic mass is 35.5. The van der Waals surface area contributed by atoms with E-state index in [9.17, 15) is 4.79 Å². The molecule has 27 heavy (non-hydrogen) atoms. The Morgan fingerprint density at radius 3 is 2.52 bits per heavy atom. The van der Waals surface area contributed by atoms with Gasteiger partial charge in [-0.15, -0.1) is 0 Å². The Morgan fingerprint density at radius 2 is 1.93 bits per heavy atom. The molecule has 0 heterocycles. The molecule has 1 amide bonds. The van der Waals surface area contributed by atoms with Crippen LogP contribution in [0.25, 0.3) is 6.08 Å². The second kappa shape index (κ2) is 11.0. The lowest BCUT2D eigenvalue weighted by molar-refractivity contribution is -0.117. The van der Waals surface area contributed by atoms with Gasteiger partial charge in [-0.05, 0) is 70.1 Å². The van der Waals surface area contributed by atoms with Crippen molar-refractivity contribution in [2.45, 2.75) is 46.6 Å². The number of nitrogens with one attached hydrogen (secondary N) is 3. The zero-order valence-electron chi connectivity index (χ0n) is 16.4. The van der Waals surface area contributed by atoms with E-state index >= 15 is 0 Å². The summed E-state index contributed by atoms with van der Waals surface area (Å²) in [5.74, 6) is 0.711. The molecule has 0 spiro atoms. The zero-order chi connectivity index (χ0) is 20.4. The maximum atomic E-state index is 12.0. The van der Waals surface area contributed by atoms with Crippen molar-refractivity contribution in [2.75, 3.05) is 13.2 Å². The van der Waals surface area contributed by atoms with E-state index in [2.05, 4.69) is 16.2 Å². The maximum absolute atomic E-state index is 12.0. The summed E-state index contributed by atoms with van der Waals surface area (Å²) in [4.78, 5) is 12.0. The standard InChI is InChI=1S/C19H28ClN3O3S/c1-6-10-26-17-14(20)11-13(12-15(17)25-7-2)8-9-16(24)22-23-18(27)21-19(3,4)5/h8-9,11-12H,6-7,10H2,1-5H3,(H,22,24)(H2,21,23,27)/b9-8+. The molecular weight excluding hydrogens is 386 g/mol. The van der Waals surface area contributed by atoms with Crippen LogP contribution < -0.4 is 25.6 Å². The highest BCUT2D eigenvalue weighted by Gasteiger charge is 2.12. The van der Waals surface area contributed by atoms with Crippen molar-refractivity contribution in [1.82, 2.24) is 16.2 Å². The van der Waals surface area contributed by atoms with Crippen LogP contribution in [0.2, 0.25) is 5.02 Å². The number of hydrogen-bond donors (Lipinski definition) is 3. The van der Waals surface area contributed by atoms with Gasteiger partial charge in [-0.3, -0.25) is 15.6 Å². The third-order valence-electron chi connectivity index (χ3n) is 3.00. The van der Waals surface area contributed by atoms with E-state index in [1.165, 1.54) is 6.08 Å². The van der Waals surface area contributed by atoms with Gasteiger partial charge in [0.25, 0.3) is 5.91 Å². The molecule has 150 valence electrons. The van der Waals surface area contributed by atoms with Crippen LogP contribution in [-0.4, -0.2) is 29.8 Å². The number of hydrogen-bond acceptors (Lipinski definition) is 4. The van der Waals surface area contributed by atoms with Crippen molar-refractivity contribution in [1.29, 1.82) is 0 Å². The van der Waals surface area contributed by atoms with Gasteiger partial charge in [0.05, 0.1) is 18.2 Å². The topological polar surface area (TPSA) is 71.6 Å². The van der Waals surface area contributed by atoms with Crippen LogP contribution in [0.4, 0.5) is 0 Å². The number of hydrazine groups is 1. The predicted octanol–water partition coefficient (Wildman–Crippen LogP) is 3.83. The molecular formula is C19H28ClN3O3S. The van der Waals surface area contributed by atoms with E-state index < -0.39 is 0 Å². The van der Waals surface area contributed by atoms with Crippen molar-refractivity contribution in [3.63, 3.8) is 0 Å². The summed E-state index contributed by atoms with van der Waals surface area (Å²) in [7, 11) is 0. The largest absolute Gasteiger partial charge is 0.490 e. The van der Waals surface area contributed by atoms with Gasteiger partial charge >= 0.3 is 0 Å². The second-order valence-corrected chi connectivity index (χ2v) is 7.58. The normalized spacial score (nSPS) is 11.2. The van der Waals surface area contributed by atoms with Gasteiger partial charge in [-0.25, -0.2) is 0 Å². The average molecular weight is 414 g/mol. The van der Waals surface area contributed by atoms with Crippen molar-refractivity contribution in [2.24, 2.45) is 0 Å². The van der Waals surface area contributed by atoms with Crippen LogP contribution in [0.5, 0.6) is 11.5 Å². The van der Waals surface area contributed by atoms with Gasteiger partial charge in [0.15, 0.2) is 16.6 Å². The Balaban J connectivity index is 2.76. The molecule has 0 bridgehead atoms. The number of benzene rings is 1. The average Bonchev–Trinajstić information content (AvgIpc) is 2.56. The Bertz CT molecular complexity index is 688. The van der Waals surface area contributed by atoms with Gasteiger partial charge < -0.3 is 14.8 Å². The number of halogens is 1. The lowest BCUT2D eigenvalue weighted by Gasteiger charge is -2.22. The molecule has 0 aliphatic heterocycles. The maximum Gasteiger partial charge on any atom is 0.262 e. The van der Waals surface area contributed by atoms with Crippen LogP contribution >= 0.6 is 23.8 Å². The van der Waals surface area contributed by atoms with Crippen LogP contribution in [0.1, 0.15) is 46.6 Å². The number of carbonyl (C=O) groups excluding carboxylic acids is 1. The van der Waals surface area contributed by atoms with Crippen LogP contribution in [0.15, 0.2) is 18.2 Å². The number of rotatable bonds is 7. The number of carbonyl (C=O) groups is 1. The lowest BCUT2D eigenvalue weighted by atomic mass is 10.1. The minimum absolute atomic E-state index is 0.196. The molecule has 0 aromatic heterocycles. The first-order valence-corrected chi connectivity index (χ1v) is 9.60. The second-order valence-electron chi connectivity index (χ2n) is 6.76. The number of ether oxygens (including phenoxy) is 2. The SMILES string of the molecule is CCCOc1c(Cl)cc(/C=C/C(=O)NNC(=S)NC(C)(C)C)cc1OCC. The zero-order valence-corrected chi connectivity index (χ0v) is 18.0. The van der Waals surface area contributed by atoms with Gasteiger partial charge in [0.1, 0.15) is 0 Å². The van der Waals surface area contributed by atoms with Crippen molar-refractivity contribution in [3.8, 4) is 11.5 Å². The molecule has 0 aliphatic carbocycles. The molecule has 8 heteroatoms. The molecule has 1 aromatic carbocycles. The summed E-state index contributed by atoms with van der Waals surface area (Å²) in [5.41, 5.74) is 5.67. The van der Waals surface area contributed by atoms with Gasteiger partial charge in [-0.2, -0.15) is 0 Å². The van der Waals surface area contributed by atoms with Crippen molar-refractivity contribution in [3.05, 3.63) is 28.8 Å². The molecule has 0 fully saturated rings. The summed E-state index contributed by atoms with van der Waals surface area (Å²) in [6, 6.07) is 3.50. The summed E-state index contributed by atoms with van der Waals surface area (Å²) in [5, 5.41) is 3.80. The van der Waals surface area contributed by atoms with E-state index in [1.54, 1.807) is 18.2 Å². The molecule has 0 radical (unpaired) electrons. The molecule has 0 saturated heterocycles. The van der Waals surface area contributed by atoms with E-state index in [4.69, 9.17) is 33.3 Å². The van der Waals surface area contributed by atoms with E-state index in [0.29, 0.717) is 34.8 Å². The highest BCUT2D eigenvalue weighted by Crippen LogP contribution is 2.37. The Morgan fingerprint density at radius 1 is 1.22 bits per heavy atom.